The maximum atomic E-state index is 10.8. The second-order valence-electron chi connectivity index (χ2n) is 2.67. The molecule has 0 heterocycles. The molecule has 0 saturated carbocycles. The Kier molecular flexibility index (Phi) is 6.02. The largest absolute Gasteiger partial charge is 0.233 e. The van der Waals surface area contributed by atoms with Crippen LogP contribution in [0.5, 0.6) is 0 Å². The minimum absolute atomic E-state index is 0.522. The van der Waals surface area contributed by atoms with Crippen molar-refractivity contribution >= 4 is 10.0 Å². The van der Waals surface area contributed by atoms with E-state index in [4.69, 9.17) is 0 Å². The van der Waals surface area contributed by atoms with Gasteiger partial charge in [-0.05, 0) is 6.42 Å². The quantitative estimate of drug-likeness (QED) is 0.622. The Bertz CT molecular complexity index is 209. The van der Waals surface area contributed by atoms with Crippen molar-refractivity contribution in [3.8, 4) is 0 Å². The molecule has 0 spiro atoms. The zero-order valence-corrected chi connectivity index (χ0v) is 8.36. The van der Waals surface area contributed by atoms with Crippen LogP contribution in [0.1, 0.15) is 32.6 Å². The molecule has 0 atom stereocenters. The van der Waals surface area contributed by atoms with Gasteiger partial charge in [0.1, 0.15) is 0 Å². The van der Waals surface area contributed by atoms with Gasteiger partial charge in [0.15, 0.2) is 0 Å². The van der Waals surface area contributed by atoms with E-state index in [1.54, 1.807) is 0 Å². The lowest BCUT2D eigenvalue weighted by atomic mass is 10.2. The maximum absolute atomic E-state index is 10.8. The van der Waals surface area contributed by atoms with E-state index >= 15 is 0 Å². The van der Waals surface area contributed by atoms with Crippen LogP contribution in [-0.4, -0.2) is 15.0 Å². The lowest BCUT2D eigenvalue weighted by molar-refractivity contribution is 0.582. The second-order valence-corrected chi connectivity index (χ2v) is 4.38. The van der Waals surface area contributed by atoms with Crippen molar-refractivity contribution in [3.63, 3.8) is 0 Å². The Balaban J connectivity index is 3.38. The third-order valence-electron chi connectivity index (χ3n) is 1.55. The Morgan fingerprint density at radius 1 is 1.33 bits per heavy atom. The molecular weight excluding hydrogens is 174 g/mol. The van der Waals surface area contributed by atoms with E-state index in [9.17, 15) is 8.42 Å². The lowest BCUT2D eigenvalue weighted by Gasteiger charge is -2.00. The monoisotopic (exact) mass is 191 g/mol. The number of hydrogen-bond acceptors (Lipinski definition) is 2. The highest BCUT2D eigenvalue weighted by Crippen LogP contribution is 1.97. The van der Waals surface area contributed by atoms with Gasteiger partial charge < -0.3 is 0 Å². The van der Waals surface area contributed by atoms with Gasteiger partial charge in [-0.15, -0.1) is 0 Å². The van der Waals surface area contributed by atoms with Gasteiger partial charge in [0.05, 0.1) is 0 Å². The first-order valence-electron chi connectivity index (χ1n) is 4.24. The molecule has 0 bridgehead atoms. The molecule has 0 aliphatic rings. The summed E-state index contributed by atoms with van der Waals surface area (Å²) in [4.78, 5) is 0. The standard InChI is InChI=1S/C8H17NO2S/c1-3-5-6-7-8-9-12(10,11)4-2/h4,9H,2-3,5-8H2,1H3. The molecule has 4 heteroatoms. The summed E-state index contributed by atoms with van der Waals surface area (Å²) in [6.45, 7) is 5.84. The van der Waals surface area contributed by atoms with Crippen molar-refractivity contribution in [2.45, 2.75) is 32.6 Å². The van der Waals surface area contributed by atoms with Crippen LogP contribution in [0, 0.1) is 0 Å². The van der Waals surface area contributed by atoms with E-state index in [1.165, 1.54) is 0 Å². The second kappa shape index (κ2) is 6.20. The van der Waals surface area contributed by atoms with E-state index in [1.807, 2.05) is 0 Å². The van der Waals surface area contributed by atoms with E-state index in [0.717, 1.165) is 31.1 Å². The number of sulfonamides is 1. The fourth-order valence-corrected chi connectivity index (χ4v) is 1.37. The molecule has 0 radical (unpaired) electrons. The molecule has 0 amide bonds. The molecule has 0 rings (SSSR count). The predicted octanol–water partition coefficient (Wildman–Crippen LogP) is 1.63. The van der Waals surface area contributed by atoms with Crippen LogP contribution < -0.4 is 4.72 Å². The maximum Gasteiger partial charge on any atom is 0.233 e. The molecule has 0 aliphatic heterocycles. The molecule has 0 aliphatic carbocycles. The van der Waals surface area contributed by atoms with Crippen LogP contribution in [0.3, 0.4) is 0 Å². The van der Waals surface area contributed by atoms with Crippen molar-refractivity contribution in [2.24, 2.45) is 0 Å². The summed E-state index contributed by atoms with van der Waals surface area (Å²) in [5.74, 6) is 0. The first kappa shape index (κ1) is 11.6. The minimum Gasteiger partial charge on any atom is -0.212 e. The van der Waals surface area contributed by atoms with Crippen molar-refractivity contribution < 1.29 is 8.42 Å². The summed E-state index contributed by atoms with van der Waals surface area (Å²) < 4.78 is 24.0. The Morgan fingerprint density at radius 3 is 2.50 bits per heavy atom. The molecule has 3 nitrogen and oxygen atoms in total. The third kappa shape index (κ3) is 6.37. The number of hydrogen-bond donors (Lipinski definition) is 1. The van der Waals surface area contributed by atoms with E-state index in [0.29, 0.717) is 6.54 Å². The first-order valence-corrected chi connectivity index (χ1v) is 5.79. The molecule has 0 aromatic carbocycles. The fourth-order valence-electron chi connectivity index (χ4n) is 0.825. The predicted molar refractivity (Wildman–Crippen MR) is 51.3 cm³/mol. The summed E-state index contributed by atoms with van der Waals surface area (Å²) in [5, 5.41) is 0.937. The average Bonchev–Trinajstić information content (AvgIpc) is 2.04. The van der Waals surface area contributed by atoms with Gasteiger partial charge in [-0.2, -0.15) is 0 Å². The SMILES string of the molecule is C=CS(=O)(=O)NCCCCCC. The van der Waals surface area contributed by atoms with Crippen LogP contribution in [0.15, 0.2) is 12.0 Å². The number of unbranched alkanes of at least 4 members (excludes halogenated alkanes) is 3. The summed E-state index contributed by atoms with van der Waals surface area (Å²) in [6.07, 6.45) is 4.31. The van der Waals surface area contributed by atoms with Crippen LogP contribution in [0.2, 0.25) is 0 Å². The molecule has 72 valence electrons. The smallest absolute Gasteiger partial charge is 0.212 e. The summed E-state index contributed by atoms with van der Waals surface area (Å²) in [6, 6.07) is 0. The average molecular weight is 191 g/mol. The zero-order valence-electron chi connectivity index (χ0n) is 7.54. The lowest BCUT2D eigenvalue weighted by Crippen LogP contribution is -2.21. The van der Waals surface area contributed by atoms with Gasteiger partial charge in [0.25, 0.3) is 0 Å². The van der Waals surface area contributed by atoms with Gasteiger partial charge in [-0.3, -0.25) is 0 Å². The highest BCUT2D eigenvalue weighted by atomic mass is 32.2. The van der Waals surface area contributed by atoms with Crippen LogP contribution in [0.25, 0.3) is 0 Å². The number of rotatable bonds is 7. The van der Waals surface area contributed by atoms with E-state index < -0.39 is 10.0 Å². The Morgan fingerprint density at radius 2 is 2.00 bits per heavy atom. The van der Waals surface area contributed by atoms with Gasteiger partial charge >= 0.3 is 0 Å². The highest BCUT2D eigenvalue weighted by Gasteiger charge is 2.00. The van der Waals surface area contributed by atoms with Crippen molar-refractivity contribution in [2.75, 3.05) is 6.54 Å². The molecule has 0 aromatic heterocycles. The normalized spacial score (nSPS) is 11.4. The van der Waals surface area contributed by atoms with Crippen molar-refractivity contribution in [1.29, 1.82) is 0 Å². The van der Waals surface area contributed by atoms with Crippen LogP contribution in [-0.2, 0) is 10.0 Å². The van der Waals surface area contributed by atoms with E-state index in [-0.39, 0.29) is 0 Å². The van der Waals surface area contributed by atoms with Crippen molar-refractivity contribution in [3.05, 3.63) is 12.0 Å². The molecular formula is C8H17NO2S. The van der Waals surface area contributed by atoms with Gasteiger partial charge in [0.2, 0.25) is 10.0 Å². The minimum atomic E-state index is -3.19. The molecule has 0 unspecified atom stereocenters. The zero-order chi connectivity index (χ0) is 9.45. The first-order chi connectivity index (χ1) is 5.62. The van der Waals surface area contributed by atoms with Gasteiger partial charge in [-0.1, -0.05) is 32.8 Å². The third-order valence-corrected chi connectivity index (χ3v) is 2.60. The topological polar surface area (TPSA) is 46.2 Å². The number of nitrogens with one attached hydrogen (secondary N) is 1. The van der Waals surface area contributed by atoms with Gasteiger partial charge in [-0.25, -0.2) is 13.1 Å². The fraction of sp³-hybridized carbons (Fsp3) is 0.750. The van der Waals surface area contributed by atoms with Gasteiger partial charge in [0, 0.05) is 12.0 Å². The van der Waals surface area contributed by atoms with Crippen LogP contribution in [0.4, 0.5) is 0 Å². The Labute approximate surface area is 74.9 Å². The molecule has 1 N–H and O–H groups in total. The van der Waals surface area contributed by atoms with Crippen LogP contribution >= 0.6 is 0 Å². The summed E-state index contributed by atoms with van der Waals surface area (Å²) in [5.41, 5.74) is 0. The van der Waals surface area contributed by atoms with Crippen molar-refractivity contribution in [1.82, 2.24) is 4.72 Å². The highest BCUT2D eigenvalue weighted by molar-refractivity contribution is 7.92. The summed E-state index contributed by atoms with van der Waals surface area (Å²) in [7, 11) is -3.19. The molecule has 0 saturated heterocycles. The summed E-state index contributed by atoms with van der Waals surface area (Å²) >= 11 is 0. The molecule has 12 heavy (non-hydrogen) atoms. The van der Waals surface area contributed by atoms with E-state index in [2.05, 4.69) is 18.2 Å². The Hall–Kier alpha value is -0.350. The molecule has 0 fully saturated rings. The molecule has 0 aromatic rings.